The molecule has 2 heterocycles. The van der Waals surface area contributed by atoms with Gasteiger partial charge in [-0.25, -0.2) is 0 Å². The summed E-state index contributed by atoms with van der Waals surface area (Å²) in [5.41, 5.74) is -2.52. The fraction of sp³-hybridized carbons (Fsp3) is 0.667. The number of hydrogen-bond acceptors (Lipinski definition) is 3. The minimum absolute atomic E-state index is 0.0233. The van der Waals surface area contributed by atoms with Crippen molar-refractivity contribution < 1.29 is 18.0 Å². The van der Waals surface area contributed by atoms with Gasteiger partial charge < -0.3 is 10.6 Å². The van der Waals surface area contributed by atoms with E-state index in [0.29, 0.717) is 6.54 Å². The molecule has 1 aliphatic carbocycles. The zero-order valence-electron chi connectivity index (χ0n) is 10.7. The molecule has 1 saturated heterocycles. The van der Waals surface area contributed by atoms with Crippen molar-refractivity contribution >= 4 is 5.91 Å². The number of nitrogens with one attached hydrogen (secondary N) is 2. The van der Waals surface area contributed by atoms with Crippen LogP contribution in [0.2, 0.25) is 0 Å². The molecule has 0 unspecified atom stereocenters. The van der Waals surface area contributed by atoms with E-state index in [2.05, 4.69) is 15.7 Å². The Kier molecular flexibility index (Phi) is 2.82. The van der Waals surface area contributed by atoms with Gasteiger partial charge in [0.2, 0.25) is 5.91 Å². The molecule has 0 radical (unpaired) electrons. The highest BCUT2D eigenvalue weighted by Crippen LogP contribution is 2.72. The van der Waals surface area contributed by atoms with E-state index in [0.717, 1.165) is 0 Å². The molecule has 3 rings (SSSR count). The standard InChI is InChI=1S/C12H15F3N4O/c13-12(14,15)11-5-10(11,6-16-8-11)7-17-9(20)4-19-3-1-2-18-19/h1-3,16H,4-8H2,(H,17,20)/t10-,11-/m0/s1. The molecule has 20 heavy (non-hydrogen) atoms. The molecule has 0 bridgehead atoms. The molecule has 5 nitrogen and oxygen atoms in total. The molecule has 2 atom stereocenters. The normalized spacial score (nSPS) is 31.9. The molecule has 1 aromatic rings. The molecule has 2 N–H and O–H groups in total. The number of fused-ring (bicyclic) bond motifs is 1. The smallest absolute Gasteiger partial charge is 0.354 e. The van der Waals surface area contributed by atoms with Crippen LogP contribution in [0.25, 0.3) is 0 Å². The van der Waals surface area contributed by atoms with E-state index in [4.69, 9.17) is 0 Å². The van der Waals surface area contributed by atoms with E-state index in [9.17, 15) is 18.0 Å². The van der Waals surface area contributed by atoms with Gasteiger partial charge in [0, 0.05) is 37.4 Å². The maximum absolute atomic E-state index is 13.1. The van der Waals surface area contributed by atoms with Crippen LogP contribution >= 0.6 is 0 Å². The Hall–Kier alpha value is -1.57. The highest BCUT2D eigenvalue weighted by molar-refractivity contribution is 5.75. The van der Waals surface area contributed by atoms with Crippen LogP contribution in [-0.4, -0.2) is 41.5 Å². The van der Waals surface area contributed by atoms with Crippen LogP contribution in [0.15, 0.2) is 18.5 Å². The van der Waals surface area contributed by atoms with Crippen LogP contribution in [-0.2, 0) is 11.3 Å². The van der Waals surface area contributed by atoms with Gasteiger partial charge >= 0.3 is 6.18 Å². The van der Waals surface area contributed by atoms with Crippen molar-refractivity contribution in [1.29, 1.82) is 0 Å². The van der Waals surface area contributed by atoms with Gasteiger partial charge in [0.25, 0.3) is 0 Å². The Bertz CT molecular complexity index is 515. The number of piperidine rings is 1. The molecule has 110 valence electrons. The van der Waals surface area contributed by atoms with Gasteiger partial charge in [0.05, 0.1) is 5.41 Å². The van der Waals surface area contributed by atoms with Gasteiger partial charge in [-0.1, -0.05) is 0 Å². The molecule has 1 aromatic heterocycles. The first kappa shape index (κ1) is 13.4. The highest BCUT2D eigenvalue weighted by atomic mass is 19.4. The third kappa shape index (κ3) is 1.90. The van der Waals surface area contributed by atoms with Crippen molar-refractivity contribution in [3.63, 3.8) is 0 Å². The van der Waals surface area contributed by atoms with Crippen molar-refractivity contribution in [3.8, 4) is 0 Å². The van der Waals surface area contributed by atoms with E-state index < -0.39 is 17.0 Å². The summed E-state index contributed by atoms with van der Waals surface area (Å²) in [6, 6.07) is 1.68. The Morgan fingerprint density at radius 2 is 2.25 bits per heavy atom. The number of nitrogens with zero attached hydrogens (tertiary/aromatic N) is 2. The number of hydrogen-bond donors (Lipinski definition) is 2. The van der Waals surface area contributed by atoms with E-state index in [1.54, 1.807) is 18.5 Å². The number of carbonyl (C=O) groups is 1. The molecule has 0 spiro atoms. The van der Waals surface area contributed by atoms with Crippen molar-refractivity contribution in [2.45, 2.75) is 19.1 Å². The Balaban J connectivity index is 1.58. The predicted octanol–water partition coefficient (Wildman–Crippen LogP) is 0.541. The van der Waals surface area contributed by atoms with Crippen LogP contribution < -0.4 is 10.6 Å². The van der Waals surface area contributed by atoms with Crippen LogP contribution in [0.4, 0.5) is 13.2 Å². The number of halogens is 3. The maximum atomic E-state index is 13.1. The quantitative estimate of drug-likeness (QED) is 0.850. The molecule has 1 aliphatic heterocycles. The van der Waals surface area contributed by atoms with E-state index in [1.807, 2.05) is 0 Å². The Morgan fingerprint density at radius 1 is 1.45 bits per heavy atom. The highest BCUT2D eigenvalue weighted by Gasteiger charge is 2.81. The van der Waals surface area contributed by atoms with Gasteiger partial charge in [-0.2, -0.15) is 18.3 Å². The zero-order chi connectivity index (χ0) is 14.4. The molecular weight excluding hydrogens is 273 g/mol. The summed E-state index contributed by atoms with van der Waals surface area (Å²) in [5.74, 6) is -0.321. The molecule has 1 saturated carbocycles. The monoisotopic (exact) mass is 288 g/mol. The number of aromatic nitrogens is 2. The first-order valence-corrected chi connectivity index (χ1v) is 6.40. The van der Waals surface area contributed by atoms with Crippen LogP contribution in [0.3, 0.4) is 0 Å². The van der Waals surface area contributed by atoms with E-state index in [1.165, 1.54) is 4.68 Å². The SMILES string of the molecule is O=C(Cn1cccn1)NC[C@]12CNC[C@@]1(C(F)(F)F)C2. The van der Waals surface area contributed by atoms with Gasteiger partial charge in [-0.05, 0) is 12.5 Å². The second-order valence-electron chi connectivity index (χ2n) is 5.62. The molecule has 8 heteroatoms. The van der Waals surface area contributed by atoms with Crippen LogP contribution in [0.1, 0.15) is 6.42 Å². The molecule has 0 aromatic carbocycles. The Morgan fingerprint density at radius 3 is 2.85 bits per heavy atom. The number of amides is 1. The third-order valence-corrected chi connectivity index (χ3v) is 4.45. The summed E-state index contributed by atoms with van der Waals surface area (Å²) in [4.78, 5) is 11.7. The summed E-state index contributed by atoms with van der Waals surface area (Å²) in [6.07, 6.45) is -0.948. The van der Waals surface area contributed by atoms with Gasteiger partial charge in [-0.3, -0.25) is 9.48 Å². The van der Waals surface area contributed by atoms with E-state index >= 15 is 0 Å². The lowest BCUT2D eigenvalue weighted by Crippen LogP contribution is -2.38. The third-order valence-electron chi connectivity index (χ3n) is 4.45. The van der Waals surface area contributed by atoms with Crippen molar-refractivity contribution in [2.24, 2.45) is 10.8 Å². The second kappa shape index (κ2) is 4.21. The molecule has 1 amide bonds. The largest absolute Gasteiger partial charge is 0.396 e. The zero-order valence-corrected chi connectivity index (χ0v) is 10.7. The first-order valence-electron chi connectivity index (χ1n) is 6.40. The lowest BCUT2D eigenvalue weighted by atomic mass is 9.95. The summed E-state index contributed by atoms with van der Waals surface area (Å²) in [5, 5.41) is 9.27. The summed E-state index contributed by atoms with van der Waals surface area (Å²) >= 11 is 0. The average molecular weight is 288 g/mol. The molecule has 2 aliphatic rings. The van der Waals surface area contributed by atoms with Gasteiger partial charge in [0.1, 0.15) is 6.54 Å². The number of alkyl halides is 3. The fourth-order valence-electron chi connectivity index (χ4n) is 3.19. The summed E-state index contributed by atoms with van der Waals surface area (Å²) in [7, 11) is 0. The lowest BCUT2D eigenvalue weighted by Gasteiger charge is -2.20. The topological polar surface area (TPSA) is 59.0 Å². The summed E-state index contributed by atoms with van der Waals surface area (Å²) in [6.45, 7) is 0.329. The fourth-order valence-corrected chi connectivity index (χ4v) is 3.19. The van der Waals surface area contributed by atoms with E-state index in [-0.39, 0.29) is 32.0 Å². The Labute approximate surface area is 113 Å². The van der Waals surface area contributed by atoms with Gasteiger partial charge in [0.15, 0.2) is 0 Å². The first-order chi connectivity index (χ1) is 9.39. The van der Waals surface area contributed by atoms with Crippen LogP contribution in [0, 0.1) is 10.8 Å². The van der Waals surface area contributed by atoms with Gasteiger partial charge in [-0.15, -0.1) is 0 Å². The number of carbonyl (C=O) groups excluding carboxylic acids is 1. The van der Waals surface area contributed by atoms with Crippen LogP contribution in [0.5, 0.6) is 0 Å². The minimum atomic E-state index is -4.22. The second-order valence-corrected chi connectivity index (χ2v) is 5.62. The predicted molar refractivity (Wildman–Crippen MR) is 63.6 cm³/mol. The van der Waals surface area contributed by atoms with Crippen molar-refractivity contribution in [3.05, 3.63) is 18.5 Å². The minimum Gasteiger partial charge on any atom is -0.354 e. The summed E-state index contributed by atoms with van der Waals surface area (Å²) < 4.78 is 40.7. The average Bonchev–Trinajstić information content (AvgIpc) is 2.74. The maximum Gasteiger partial charge on any atom is 0.396 e. The molecular formula is C12H15F3N4O. The number of rotatable bonds is 4. The van der Waals surface area contributed by atoms with Crippen molar-refractivity contribution in [2.75, 3.05) is 19.6 Å². The molecule has 2 fully saturated rings. The van der Waals surface area contributed by atoms with Crippen molar-refractivity contribution in [1.82, 2.24) is 20.4 Å². The lowest BCUT2D eigenvalue weighted by molar-refractivity contribution is -0.190.